The van der Waals surface area contributed by atoms with E-state index in [0.717, 1.165) is 56.8 Å². The summed E-state index contributed by atoms with van der Waals surface area (Å²) >= 11 is 0. The average molecular weight is 417 g/mol. The monoisotopic (exact) mass is 416 g/mol. The van der Waals surface area contributed by atoms with Crippen LogP contribution in [0, 0.1) is 34.5 Å². The van der Waals surface area contributed by atoms with E-state index in [1.807, 2.05) is 13.0 Å². The molecule has 0 aromatic heterocycles. The first-order valence-electron chi connectivity index (χ1n) is 11.9. The lowest BCUT2D eigenvalue weighted by Gasteiger charge is -2.61. The largest absolute Gasteiger partial charge is 0.459 e. The second-order valence-electron chi connectivity index (χ2n) is 11.2. The van der Waals surface area contributed by atoms with Crippen LogP contribution in [0.1, 0.15) is 72.6 Å². The first-order chi connectivity index (χ1) is 14.2. The summed E-state index contributed by atoms with van der Waals surface area (Å²) < 4.78 is 12.4. The lowest BCUT2D eigenvalue weighted by Crippen LogP contribution is -2.58. The second kappa shape index (κ2) is 6.65. The summed E-state index contributed by atoms with van der Waals surface area (Å²) in [7, 11) is 0. The number of aliphatic hydroxyl groups excluding tert-OH is 1. The molecule has 5 aliphatic rings. The number of aldehydes is 1. The fraction of sp³-hybridized carbons (Fsp3) is 0.840. The molecule has 5 heteroatoms. The number of ether oxygens (including phenoxy) is 2. The lowest BCUT2D eigenvalue weighted by atomic mass is 9.44. The highest BCUT2D eigenvalue weighted by Gasteiger charge is 2.84. The number of hydrogen-bond donors (Lipinski definition) is 1. The van der Waals surface area contributed by atoms with Crippen LogP contribution in [0.4, 0.5) is 0 Å². The van der Waals surface area contributed by atoms with E-state index in [9.17, 15) is 14.7 Å². The van der Waals surface area contributed by atoms with Crippen molar-refractivity contribution >= 4 is 12.3 Å². The Bertz CT molecular complexity index is 790. The van der Waals surface area contributed by atoms with Gasteiger partial charge in [0, 0.05) is 18.3 Å². The fourth-order valence-corrected chi connectivity index (χ4v) is 8.87. The van der Waals surface area contributed by atoms with Crippen LogP contribution < -0.4 is 0 Å². The SMILES string of the molecule is CC=C(C=O)[C@H]1[C@@H](OC(C)=O)[C@H]2O[C@]23[C@@H]2CC[C@@H]4C[C@@H](O)CC[C@]4(C)[C@H]2CC[C@]13C. The van der Waals surface area contributed by atoms with Gasteiger partial charge in [-0.15, -0.1) is 0 Å². The number of hydrogen-bond acceptors (Lipinski definition) is 5. The number of aliphatic hydroxyl groups is 1. The maximum absolute atomic E-state index is 12.0. The van der Waals surface area contributed by atoms with Gasteiger partial charge in [-0.2, -0.15) is 0 Å². The normalized spacial score (nSPS) is 54.3. The molecule has 1 aliphatic heterocycles. The van der Waals surface area contributed by atoms with Gasteiger partial charge >= 0.3 is 5.97 Å². The van der Waals surface area contributed by atoms with Crippen LogP contribution in [0.3, 0.4) is 0 Å². The summed E-state index contributed by atoms with van der Waals surface area (Å²) in [4.78, 5) is 23.9. The van der Waals surface area contributed by atoms with Crippen LogP contribution in [0.15, 0.2) is 11.6 Å². The molecule has 166 valence electrons. The van der Waals surface area contributed by atoms with E-state index in [1.54, 1.807) is 0 Å². The van der Waals surface area contributed by atoms with E-state index in [2.05, 4.69) is 13.8 Å². The molecule has 0 unspecified atom stereocenters. The molecule has 4 aliphatic carbocycles. The Morgan fingerprint density at radius 3 is 2.57 bits per heavy atom. The molecule has 1 saturated heterocycles. The first kappa shape index (κ1) is 20.7. The van der Waals surface area contributed by atoms with Crippen LogP contribution in [-0.4, -0.2) is 41.3 Å². The van der Waals surface area contributed by atoms with Gasteiger partial charge in [-0.3, -0.25) is 9.59 Å². The van der Waals surface area contributed by atoms with Crippen molar-refractivity contribution in [3.63, 3.8) is 0 Å². The maximum Gasteiger partial charge on any atom is 0.303 e. The fourth-order valence-electron chi connectivity index (χ4n) is 8.87. The minimum Gasteiger partial charge on any atom is -0.459 e. The molecule has 1 heterocycles. The molecule has 5 rings (SSSR count). The molecule has 0 aromatic rings. The molecule has 0 radical (unpaired) electrons. The number of esters is 1. The summed E-state index contributed by atoms with van der Waals surface area (Å²) in [6.07, 6.45) is 9.50. The number of fused-ring (bicyclic) bond motifs is 3. The summed E-state index contributed by atoms with van der Waals surface area (Å²) in [5.41, 5.74) is 0.511. The number of rotatable bonds is 3. The Morgan fingerprint density at radius 1 is 1.13 bits per heavy atom. The third-order valence-corrected chi connectivity index (χ3v) is 10.2. The summed E-state index contributed by atoms with van der Waals surface area (Å²) in [5, 5.41) is 10.3. The average Bonchev–Trinajstić information content (AvgIpc) is 3.40. The van der Waals surface area contributed by atoms with Crippen molar-refractivity contribution in [1.82, 2.24) is 0 Å². The van der Waals surface area contributed by atoms with E-state index in [-0.39, 0.29) is 46.6 Å². The predicted octanol–water partition coefficient (Wildman–Crippen LogP) is 3.82. The van der Waals surface area contributed by atoms with Crippen molar-refractivity contribution in [3.05, 3.63) is 11.6 Å². The third-order valence-electron chi connectivity index (χ3n) is 10.2. The van der Waals surface area contributed by atoms with Crippen molar-refractivity contribution in [3.8, 4) is 0 Å². The summed E-state index contributed by atoms with van der Waals surface area (Å²) in [5.74, 6) is 1.20. The molecule has 5 fully saturated rings. The van der Waals surface area contributed by atoms with E-state index in [1.165, 1.54) is 6.92 Å². The summed E-state index contributed by atoms with van der Waals surface area (Å²) in [6, 6.07) is 0. The quantitative estimate of drug-likeness (QED) is 0.328. The molecule has 10 atom stereocenters. The summed E-state index contributed by atoms with van der Waals surface area (Å²) in [6.45, 7) is 8.09. The van der Waals surface area contributed by atoms with E-state index in [0.29, 0.717) is 17.8 Å². The van der Waals surface area contributed by atoms with E-state index >= 15 is 0 Å². The van der Waals surface area contributed by atoms with Crippen molar-refractivity contribution in [2.24, 2.45) is 34.5 Å². The predicted molar refractivity (Wildman–Crippen MR) is 111 cm³/mol. The number of carbonyl (C=O) groups excluding carboxylic acids is 2. The van der Waals surface area contributed by atoms with Gasteiger partial charge in [0.2, 0.25) is 0 Å². The highest BCUT2D eigenvalue weighted by atomic mass is 16.7. The zero-order valence-corrected chi connectivity index (χ0v) is 18.7. The minimum absolute atomic E-state index is 0.0951. The number of allylic oxidation sites excluding steroid dienone is 1. The van der Waals surface area contributed by atoms with E-state index in [4.69, 9.17) is 9.47 Å². The standard InChI is InChI=1S/C25H36O5/c1-5-15(13-26)20-21(29-14(2)27)22-25(30-22)19-7-6-16-12-17(28)8-10-23(16,3)18(19)9-11-24(20,25)4/h5,13,16-22,28H,6-12H2,1-4H3/t16-,17+,18+,19-,20+,21-,22-,23+,24-,25-/m1/s1. The molecule has 30 heavy (non-hydrogen) atoms. The highest BCUT2D eigenvalue weighted by Crippen LogP contribution is 2.77. The van der Waals surface area contributed by atoms with Crippen LogP contribution in [0.2, 0.25) is 0 Å². The van der Waals surface area contributed by atoms with Crippen molar-refractivity contribution in [2.45, 2.75) is 96.6 Å². The highest BCUT2D eigenvalue weighted by molar-refractivity contribution is 5.75. The molecule has 0 aromatic carbocycles. The first-order valence-corrected chi connectivity index (χ1v) is 11.9. The molecule has 0 amide bonds. The molecular formula is C25H36O5. The van der Waals surface area contributed by atoms with Crippen LogP contribution in [-0.2, 0) is 19.1 Å². The van der Waals surface area contributed by atoms with Crippen molar-refractivity contribution in [1.29, 1.82) is 0 Å². The molecule has 1 spiro atoms. The number of carbonyl (C=O) groups is 2. The maximum atomic E-state index is 12.0. The lowest BCUT2D eigenvalue weighted by molar-refractivity contribution is -0.162. The van der Waals surface area contributed by atoms with Gasteiger partial charge in [-0.25, -0.2) is 0 Å². The Balaban J connectivity index is 1.54. The van der Waals surface area contributed by atoms with Crippen molar-refractivity contribution in [2.75, 3.05) is 0 Å². The topological polar surface area (TPSA) is 76.1 Å². The van der Waals surface area contributed by atoms with Crippen LogP contribution in [0.25, 0.3) is 0 Å². The number of epoxide rings is 1. The van der Waals surface area contributed by atoms with Gasteiger partial charge in [-0.05, 0) is 80.6 Å². The van der Waals surface area contributed by atoms with Gasteiger partial charge in [-0.1, -0.05) is 19.9 Å². The Morgan fingerprint density at radius 2 is 1.90 bits per heavy atom. The Kier molecular flexibility index (Phi) is 4.59. The van der Waals surface area contributed by atoms with Gasteiger partial charge in [0.25, 0.3) is 0 Å². The smallest absolute Gasteiger partial charge is 0.303 e. The van der Waals surface area contributed by atoms with Crippen LogP contribution in [0.5, 0.6) is 0 Å². The zero-order chi connectivity index (χ0) is 21.5. The van der Waals surface area contributed by atoms with Gasteiger partial charge < -0.3 is 14.6 Å². The van der Waals surface area contributed by atoms with Gasteiger partial charge in [0.05, 0.1) is 6.10 Å². The zero-order valence-electron chi connectivity index (χ0n) is 18.7. The van der Waals surface area contributed by atoms with Crippen molar-refractivity contribution < 1.29 is 24.2 Å². The Labute approximate surface area is 179 Å². The van der Waals surface area contributed by atoms with Gasteiger partial charge in [0.1, 0.15) is 24.1 Å². The molecular weight excluding hydrogens is 380 g/mol. The van der Waals surface area contributed by atoms with E-state index < -0.39 is 0 Å². The second-order valence-corrected chi connectivity index (χ2v) is 11.2. The molecule has 1 N–H and O–H groups in total. The molecule has 5 nitrogen and oxygen atoms in total. The molecule has 4 saturated carbocycles. The molecule has 0 bridgehead atoms. The Hall–Kier alpha value is -1.20. The van der Waals surface area contributed by atoms with Crippen LogP contribution >= 0.6 is 0 Å². The third kappa shape index (κ3) is 2.42. The van der Waals surface area contributed by atoms with Gasteiger partial charge in [0.15, 0.2) is 0 Å². The minimum atomic E-state index is -0.374.